The molecule has 0 N–H and O–H groups in total. The third-order valence-corrected chi connectivity index (χ3v) is 3.72. The predicted octanol–water partition coefficient (Wildman–Crippen LogP) is 4.58. The summed E-state index contributed by atoms with van der Waals surface area (Å²) in [6.07, 6.45) is 5.97. The number of hydrogen-bond acceptors (Lipinski definition) is 3. The molecule has 3 aromatic carbocycles. The maximum atomic E-state index is 10.6. The summed E-state index contributed by atoms with van der Waals surface area (Å²) >= 11 is 0. The number of hydrogen-bond donors (Lipinski definition) is 0. The van der Waals surface area contributed by atoms with Gasteiger partial charge in [0.25, 0.3) is 0 Å². The van der Waals surface area contributed by atoms with Crippen molar-refractivity contribution in [3.8, 4) is 35.7 Å². The molecule has 0 heterocycles. The molecule has 0 fully saturated rings. The molecular formula is C25H20O3. The van der Waals surface area contributed by atoms with E-state index in [-0.39, 0.29) is 0 Å². The molecule has 0 unspecified atom stereocenters. The van der Waals surface area contributed by atoms with Gasteiger partial charge in [-0.05, 0) is 60.7 Å². The van der Waals surface area contributed by atoms with Crippen LogP contribution in [0.5, 0.6) is 11.5 Å². The van der Waals surface area contributed by atoms with Crippen molar-refractivity contribution in [2.75, 3.05) is 14.2 Å². The number of methoxy groups -OCH3 is 2. The van der Waals surface area contributed by atoms with Gasteiger partial charge >= 0.3 is 0 Å². The summed E-state index contributed by atoms with van der Waals surface area (Å²) < 4.78 is 10.0. The maximum absolute atomic E-state index is 10.6. The zero-order chi connectivity index (χ0) is 20.2. The molecular weight excluding hydrogens is 348 g/mol. The van der Waals surface area contributed by atoms with Crippen molar-refractivity contribution in [2.45, 2.75) is 0 Å². The molecule has 3 rings (SSSR count). The first-order valence-corrected chi connectivity index (χ1v) is 8.50. The van der Waals surface area contributed by atoms with Gasteiger partial charge in [0.05, 0.1) is 14.2 Å². The van der Waals surface area contributed by atoms with Crippen molar-refractivity contribution < 1.29 is 14.3 Å². The molecule has 28 heavy (non-hydrogen) atoms. The minimum atomic E-state index is 0.636. The van der Waals surface area contributed by atoms with Gasteiger partial charge in [0.15, 0.2) is 0 Å². The van der Waals surface area contributed by atoms with Gasteiger partial charge in [-0.25, -0.2) is 0 Å². The number of terminal acetylenes is 1. The monoisotopic (exact) mass is 368 g/mol. The highest BCUT2D eigenvalue weighted by Gasteiger charge is 1.92. The normalized spacial score (nSPS) is 8.89. The Balaban J connectivity index is 0.000000237. The van der Waals surface area contributed by atoms with Crippen LogP contribution >= 0.6 is 0 Å². The fraction of sp³-hybridized carbons (Fsp3) is 0.0800. The lowest BCUT2D eigenvalue weighted by atomic mass is 10.1. The summed E-state index contributed by atoms with van der Waals surface area (Å²) in [7, 11) is 3.26. The minimum absolute atomic E-state index is 0.636. The third kappa shape index (κ3) is 6.41. The summed E-state index contributed by atoms with van der Waals surface area (Å²) in [5.74, 6) is 10.2. The second-order valence-corrected chi connectivity index (χ2v) is 5.59. The number of rotatable bonds is 3. The zero-order valence-corrected chi connectivity index (χ0v) is 15.8. The van der Waals surface area contributed by atoms with Crippen molar-refractivity contribution in [2.24, 2.45) is 0 Å². The van der Waals surface area contributed by atoms with E-state index in [1.807, 2.05) is 60.7 Å². The average Bonchev–Trinajstić information content (AvgIpc) is 2.78. The molecule has 0 amide bonds. The third-order valence-electron chi connectivity index (χ3n) is 3.72. The Morgan fingerprint density at radius 3 is 1.79 bits per heavy atom. The lowest BCUT2D eigenvalue weighted by molar-refractivity contribution is 0.112. The highest BCUT2D eigenvalue weighted by atomic mass is 16.5. The largest absolute Gasteiger partial charge is 0.497 e. The number of benzene rings is 3. The summed E-state index contributed by atoms with van der Waals surface area (Å²) in [4.78, 5) is 10.6. The zero-order valence-electron chi connectivity index (χ0n) is 15.8. The second-order valence-electron chi connectivity index (χ2n) is 5.59. The van der Waals surface area contributed by atoms with Gasteiger partial charge in [-0.1, -0.05) is 29.9 Å². The van der Waals surface area contributed by atoms with Crippen LogP contribution in [-0.2, 0) is 0 Å². The van der Waals surface area contributed by atoms with Crippen LogP contribution in [0.4, 0.5) is 0 Å². The van der Waals surface area contributed by atoms with Crippen molar-refractivity contribution in [3.05, 3.63) is 95.1 Å². The Bertz CT molecular complexity index is 999. The SMILES string of the molecule is C#Cc1ccc(OC)cc1.COc1ccc(C#Cc2cccc(C=O)c2)cc1. The molecule has 0 saturated carbocycles. The fourth-order valence-corrected chi connectivity index (χ4v) is 2.20. The molecule has 0 atom stereocenters. The van der Waals surface area contributed by atoms with Gasteiger partial charge in [-0.15, -0.1) is 6.42 Å². The maximum Gasteiger partial charge on any atom is 0.150 e. The number of aldehydes is 1. The van der Waals surface area contributed by atoms with Crippen LogP contribution in [0.1, 0.15) is 27.0 Å². The van der Waals surface area contributed by atoms with Gasteiger partial charge in [0.2, 0.25) is 0 Å². The van der Waals surface area contributed by atoms with Crippen LogP contribution in [0.3, 0.4) is 0 Å². The molecule has 0 saturated heterocycles. The van der Waals surface area contributed by atoms with Crippen molar-refractivity contribution in [1.82, 2.24) is 0 Å². The van der Waals surface area contributed by atoms with E-state index in [1.54, 1.807) is 26.4 Å². The Labute approximate surface area is 165 Å². The van der Waals surface area contributed by atoms with E-state index >= 15 is 0 Å². The van der Waals surface area contributed by atoms with E-state index in [0.717, 1.165) is 34.5 Å². The first-order chi connectivity index (χ1) is 13.7. The van der Waals surface area contributed by atoms with Gasteiger partial charge in [0, 0.05) is 22.3 Å². The van der Waals surface area contributed by atoms with Gasteiger partial charge in [-0.2, -0.15) is 0 Å². The van der Waals surface area contributed by atoms with E-state index in [0.29, 0.717) is 5.56 Å². The van der Waals surface area contributed by atoms with Gasteiger partial charge in [-0.3, -0.25) is 4.79 Å². The van der Waals surface area contributed by atoms with Crippen molar-refractivity contribution >= 4 is 6.29 Å². The first-order valence-electron chi connectivity index (χ1n) is 8.50. The summed E-state index contributed by atoms with van der Waals surface area (Å²) in [6.45, 7) is 0. The quantitative estimate of drug-likeness (QED) is 0.501. The molecule has 3 nitrogen and oxygen atoms in total. The predicted molar refractivity (Wildman–Crippen MR) is 112 cm³/mol. The molecule has 0 aliphatic heterocycles. The Hall–Kier alpha value is -3.95. The highest BCUT2D eigenvalue weighted by molar-refractivity contribution is 5.75. The molecule has 138 valence electrons. The van der Waals surface area contributed by atoms with Crippen LogP contribution in [0.25, 0.3) is 0 Å². The summed E-state index contributed by atoms with van der Waals surface area (Å²) in [6, 6.07) is 22.1. The molecule has 0 spiro atoms. The van der Waals surface area contributed by atoms with Gasteiger partial charge in [0.1, 0.15) is 17.8 Å². The molecule has 3 heteroatoms. The second kappa shape index (κ2) is 10.9. The molecule has 0 aliphatic rings. The van der Waals surface area contributed by atoms with Crippen LogP contribution in [0.2, 0.25) is 0 Å². The standard InChI is InChI=1S/C16H12O2.C9H8O/c1-18-16-9-7-13(8-10-16)5-6-14-3-2-4-15(11-14)12-17;1-3-8-4-6-9(10-2)7-5-8/h2-4,7-12H,1H3;1,4-7H,2H3. The molecule has 0 aliphatic carbocycles. The Morgan fingerprint density at radius 1 is 0.750 bits per heavy atom. The lowest BCUT2D eigenvalue weighted by Gasteiger charge is -1.97. The smallest absolute Gasteiger partial charge is 0.150 e. The Kier molecular flexibility index (Phi) is 7.93. The fourth-order valence-electron chi connectivity index (χ4n) is 2.20. The van der Waals surface area contributed by atoms with E-state index in [4.69, 9.17) is 15.9 Å². The van der Waals surface area contributed by atoms with E-state index in [9.17, 15) is 4.79 Å². The number of carbonyl (C=O) groups excluding carboxylic acids is 1. The molecule has 3 aromatic rings. The van der Waals surface area contributed by atoms with Crippen molar-refractivity contribution in [1.29, 1.82) is 0 Å². The Morgan fingerprint density at radius 2 is 1.29 bits per heavy atom. The molecule has 0 aromatic heterocycles. The average molecular weight is 368 g/mol. The minimum Gasteiger partial charge on any atom is -0.497 e. The van der Waals surface area contributed by atoms with Crippen LogP contribution < -0.4 is 9.47 Å². The summed E-state index contributed by atoms with van der Waals surface area (Å²) in [5.41, 5.74) is 3.25. The van der Waals surface area contributed by atoms with E-state index in [2.05, 4.69) is 17.8 Å². The van der Waals surface area contributed by atoms with Crippen molar-refractivity contribution in [3.63, 3.8) is 0 Å². The van der Waals surface area contributed by atoms with Crippen LogP contribution in [0.15, 0.2) is 72.8 Å². The van der Waals surface area contributed by atoms with Gasteiger partial charge < -0.3 is 9.47 Å². The number of carbonyl (C=O) groups is 1. The van der Waals surface area contributed by atoms with E-state index in [1.165, 1.54) is 0 Å². The van der Waals surface area contributed by atoms with E-state index < -0.39 is 0 Å². The molecule has 0 bridgehead atoms. The topological polar surface area (TPSA) is 35.5 Å². The van der Waals surface area contributed by atoms with Crippen LogP contribution in [0, 0.1) is 24.2 Å². The lowest BCUT2D eigenvalue weighted by Crippen LogP contribution is -1.83. The summed E-state index contributed by atoms with van der Waals surface area (Å²) in [5, 5.41) is 0. The first kappa shape index (κ1) is 20.4. The highest BCUT2D eigenvalue weighted by Crippen LogP contribution is 2.11. The molecule has 0 radical (unpaired) electrons. The number of ether oxygens (including phenoxy) is 2. The van der Waals surface area contributed by atoms with Crippen LogP contribution in [-0.4, -0.2) is 20.5 Å².